The minimum atomic E-state index is -0.0752. The molecule has 21 heavy (non-hydrogen) atoms. The molecule has 3 N–H and O–H groups in total. The Labute approximate surface area is 135 Å². The molecule has 1 atom stereocenters. The van der Waals surface area contributed by atoms with Crippen LogP contribution in [0, 0.1) is 0 Å². The van der Waals surface area contributed by atoms with Gasteiger partial charge in [0.2, 0.25) is 5.91 Å². The van der Waals surface area contributed by atoms with Crippen molar-refractivity contribution in [3.8, 4) is 0 Å². The standard InChI is InChI=1S/C15H21Cl2N3O/c1-2-6-20-7-4-3-5-13(20)15(21)19-10-8-11(16)14(18)12(17)9-10/h8-9,13H,2-7,18H2,1H3,(H,19,21). The molecular formula is C15H21Cl2N3O. The normalized spacial score (nSPS) is 19.5. The summed E-state index contributed by atoms with van der Waals surface area (Å²) in [6, 6.07) is 3.19. The quantitative estimate of drug-likeness (QED) is 0.826. The maximum absolute atomic E-state index is 12.5. The van der Waals surface area contributed by atoms with E-state index >= 15 is 0 Å². The van der Waals surface area contributed by atoms with E-state index in [4.69, 9.17) is 28.9 Å². The molecule has 1 unspecified atom stereocenters. The van der Waals surface area contributed by atoms with E-state index in [1.807, 2.05) is 0 Å². The Morgan fingerprint density at radius 2 is 2.05 bits per heavy atom. The first-order valence-corrected chi connectivity index (χ1v) is 8.08. The number of benzene rings is 1. The lowest BCUT2D eigenvalue weighted by atomic mass is 10.0. The van der Waals surface area contributed by atoms with Gasteiger partial charge in [-0.1, -0.05) is 36.5 Å². The first-order valence-electron chi connectivity index (χ1n) is 7.32. The van der Waals surface area contributed by atoms with Crippen molar-refractivity contribution in [3.05, 3.63) is 22.2 Å². The van der Waals surface area contributed by atoms with E-state index in [0.717, 1.165) is 38.8 Å². The SMILES string of the molecule is CCCN1CCCCC1C(=O)Nc1cc(Cl)c(N)c(Cl)c1. The van der Waals surface area contributed by atoms with E-state index in [-0.39, 0.29) is 11.9 Å². The highest BCUT2D eigenvalue weighted by molar-refractivity contribution is 6.39. The number of nitrogens with two attached hydrogens (primary N) is 1. The smallest absolute Gasteiger partial charge is 0.241 e. The summed E-state index contributed by atoms with van der Waals surface area (Å²) in [6.45, 7) is 4.06. The molecule has 0 aliphatic carbocycles. The highest BCUT2D eigenvalue weighted by atomic mass is 35.5. The topological polar surface area (TPSA) is 58.4 Å². The molecule has 4 nitrogen and oxygen atoms in total. The minimum absolute atomic E-state index is 0.0000507. The van der Waals surface area contributed by atoms with Gasteiger partial charge in [-0.2, -0.15) is 0 Å². The molecular weight excluding hydrogens is 309 g/mol. The summed E-state index contributed by atoms with van der Waals surface area (Å²) < 4.78 is 0. The van der Waals surface area contributed by atoms with Crippen molar-refractivity contribution < 1.29 is 4.79 Å². The van der Waals surface area contributed by atoms with Gasteiger partial charge in [-0.05, 0) is 44.5 Å². The fourth-order valence-electron chi connectivity index (χ4n) is 2.72. The van der Waals surface area contributed by atoms with Crippen LogP contribution < -0.4 is 11.1 Å². The van der Waals surface area contributed by atoms with Crippen LogP contribution in [-0.4, -0.2) is 29.9 Å². The van der Waals surface area contributed by atoms with Gasteiger partial charge in [-0.3, -0.25) is 9.69 Å². The van der Waals surface area contributed by atoms with Gasteiger partial charge in [-0.25, -0.2) is 0 Å². The lowest BCUT2D eigenvalue weighted by molar-refractivity contribution is -0.122. The molecule has 1 aromatic carbocycles. The van der Waals surface area contributed by atoms with Gasteiger partial charge >= 0.3 is 0 Å². The highest BCUT2D eigenvalue weighted by Gasteiger charge is 2.28. The van der Waals surface area contributed by atoms with E-state index in [9.17, 15) is 4.79 Å². The summed E-state index contributed by atoms with van der Waals surface area (Å²) in [6.07, 6.45) is 4.18. The number of carbonyl (C=O) groups is 1. The Bertz CT molecular complexity index is 497. The number of nitrogen functional groups attached to an aromatic ring is 1. The van der Waals surface area contributed by atoms with E-state index < -0.39 is 0 Å². The molecule has 1 fully saturated rings. The van der Waals surface area contributed by atoms with E-state index in [0.29, 0.717) is 21.4 Å². The zero-order chi connectivity index (χ0) is 15.4. The van der Waals surface area contributed by atoms with E-state index in [1.54, 1.807) is 12.1 Å². The van der Waals surface area contributed by atoms with Crippen molar-refractivity contribution in [1.29, 1.82) is 0 Å². The third-order valence-electron chi connectivity index (χ3n) is 3.77. The third kappa shape index (κ3) is 4.02. The molecule has 6 heteroatoms. The molecule has 1 aliphatic rings. The average molecular weight is 330 g/mol. The molecule has 0 spiro atoms. The molecule has 1 aromatic rings. The molecule has 0 saturated carbocycles. The van der Waals surface area contributed by atoms with Crippen molar-refractivity contribution in [2.75, 3.05) is 24.1 Å². The van der Waals surface area contributed by atoms with Crippen LogP contribution >= 0.6 is 23.2 Å². The van der Waals surface area contributed by atoms with E-state index in [2.05, 4.69) is 17.1 Å². The first kappa shape index (κ1) is 16.4. The van der Waals surface area contributed by atoms with Gasteiger partial charge in [0, 0.05) is 5.69 Å². The molecule has 1 aliphatic heterocycles. The Kier molecular flexibility index (Phi) is 5.73. The minimum Gasteiger partial charge on any atom is -0.396 e. The number of piperidine rings is 1. The summed E-state index contributed by atoms with van der Waals surface area (Å²) >= 11 is 12.0. The van der Waals surface area contributed by atoms with Gasteiger partial charge in [0.15, 0.2) is 0 Å². The monoisotopic (exact) mass is 329 g/mol. The third-order valence-corrected chi connectivity index (χ3v) is 4.40. The lowest BCUT2D eigenvalue weighted by Crippen LogP contribution is -2.47. The molecule has 116 valence electrons. The zero-order valence-electron chi connectivity index (χ0n) is 12.2. The summed E-state index contributed by atoms with van der Waals surface area (Å²) in [5.74, 6) is 0.0000507. The number of carbonyl (C=O) groups excluding carboxylic acids is 1. The van der Waals surface area contributed by atoms with Crippen molar-refractivity contribution in [1.82, 2.24) is 4.90 Å². The molecule has 0 radical (unpaired) electrons. The first-order chi connectivity index (χ1) is 10.0. The Balaban J connectivity index is 2.09. The molecule has 1 amide bonds. The van der Waals surface area contributed by atoms with Crippen molar-refractivity contribution in [3.63, 3.8) is 0 Å². The summed E-state index contributed by atoms with van der Waals surface area (Å²) in [7, 11) is 0. The summed E-state index contributed by atoms with van der Waals surface area (Å²) in [5, 5.41) is 3.61. The fraction of sp³-hybridized carbons (Fsp3) is 0.533. The summed E-state index contributed by atoms with van der Waals surface area (Å²) in [4.78, 5) is 14.7. The van der Waals surface area contributed by atoms with Gasteiger partial charge in [0.25, 0.3) is 0 Å². The van der Waals surface area contributed by atoms with Crippen molar-refractivity contribution >= 4 is 40.5 Å². The maximum Gasteiger partial charge on any atom is 0.241 e. The second-order valence-electron chi connectivity index (χ2n) is 5.39. The van der Waals surface area contributed by atoms with Gasteiger partial charge in [0.05, 0.1) is 21.8 Å². The molecule has 0 aromatic heterocycles. The van der Waals surface area contributed by atoms with E-state index in [1.165, 1.54) is 0 Å². The number of hydrogen-bond acceptors (Lipinski definition) is 3. The van der Waals surface area contributed by atoms with Crippen molar-refractivity contribution in [2.45, 2.75) is 38.6 Å². The van der Waals surface area contributed by atoms with Gasteiger partial charge in [0.1, 0.15) is 0 Å². The number of rotatable bonds is 4. The Hall–Kier alpha value is -0.970. The Morgan fingerprint density at radius 3 is 2.67 bits per heavy atom. The van der Waals surface area contributed by atoms with Crippen LogP contribution in [0.4, 0.5) is 11.4 Å². The number of anilines is 2. The molecule has 1 heterocycles. The van der Waals surface area contributed by atoms with Crippen LogP contribution in [0.1, 0.15) is 32.6 Å². The number of nitrogens with zero attached hydrogens (tertiary/aromatic N) is 1. The Morgan fingerprint density at radius 1 is 1.38 bits per heavy atom. The maximum atomic E-state index is 12.5. The zero-order valence-corrected chi connectivity index (χ0v) is 13.7. The average Bonchev–Trinajstić information content (AvgIpc) is 2.45. The van der Waals surface area contributed by atoms with Gasteiger partial charge < -0.3 is 11.1 Å². The van der Waals surface area contributed by atoms with Gasteiger partial charge in [-0.15, -0.1) is 0 Å². The predicted octanol–water partition coefficient (Wildman–Crippen LogP) is 3.78. The predicted molar refractivity (Wildman–Crippen MR) is 89.0 cm³/mol. The van der Waals surface area contributed by atoms with Crippen LogP contribution in [0.5, 0.6) is 0 Å². The number of halogens is 2. The number of nitrogens with one attached hydrogen (secondary N) is 1. The molecule has 0 bridgehead atoms. The number of amides is 1. The molecule has 1 saturated heterocycles. The second-order valence-corrected chi connectivity index (χ2v) is 6.20. The number of likely N-dealkylation sites (tertiary alicyclic amines) is 1. The van der Waals surface area contributed by atoms with Crippen LogP contribution in [0.25, 0.3) is 0 Å². The largest absolute Gasteiger partial charge is 0.396 e. The summed E-state index contributed by atoms with van der Waals surface area (Å²) in [5.41, 5.74) is 6.63. The van der Waals surface area contributed by atoms with Crippen LogP contribution in [0.15, 0.2) is 12.1 Å². The van der Waals surface area contributed by atoms with Crippen LogP contribution in [0.2, 0.25) is 10.0 Å². The highest BCUT2D eigenvalue weighted by Crippen LogP contribution is 2.31. The number of hydrogen-bond donors (Lipinski definition) is 2. The van der Waals surface area contributed by atoms with Crippen LogP contribution in [0.3, 0.4) is 0 Å². The second kappa shape index (κ2) is 7.34. The van der Waals surface area contributed by atoms with Crippen LogP contribution in [-0.2, 0) is 4.79 Å². The molecule has 2 rings (SSSR count). The lowest BCUT2D eigenvalue weighted by Gasteiger charge is -2.34. The van der Waals surface area contributed by atoms with Crippen molar-refractivity contribution in [2.24, 2.45) is 0 Å². The fourth-order valence-corrected chi connectivity index (χ4v) is 3.21.